The molecule has 0 amide bonds. The molecule has 166 valence electrons. The fraction of sp³-hybridized carbons (Fsp3) is 0.0714. The van der Waals surface area contributed by atoms with Crippen LogP contribution in [0.5, 0.6) is 0 Å². The molecule has 0 aliphatic carbocycles. The third kappa shape index (κ3) is 5.06. The molecule has 0 fully saturated rings. The monoisotopic (exact) mass is 470 g/mol. The molecule has 0 aliphatic rings. The van der Waals surface area contributed by atoms with Crippen molar-refractivity contribution in [3.8, 4) is 0 Å². The maximum Gasteiger partial charge on any atom is 0.288 e. The molecule has 0 aromatic heterocycles. The minimum Gasteiger partial charge on any atom is -0.398 e. The maximum absolute atomic E-state index is 12.8. The molecule has 0 radical (unpaired) electrons. The average Bonchev–Trinajstić information content (AvgIpc) is 2.88. The minimum absolute atomic E-state index is 0.270. The Morgan fingerprint density at radius 2 is 1.00 bits per heavy atom. The van der Waals surface area contributed by atoms with E-state index < -0.39 is 24.3 Å². The van der Waals surface area contributed by atoms with Crippen LogP contribution >= 0.6 is 0 Å². The first-order valence-electron chi connectivity index (χ1n) is 10.8. The van der Waals surface area contributed by atoms with E-state index in [2.05, 4.69) is 36.4 Å². The normalized spacial score (nSPS) is 13.1. The highest BCUT2D eigenvalue weighted by molar-refractivity contribution is 7.94. The number of rotatable bonds is 8. The predicted molar refractivity (Wildman–Crippen MR) is 137 cm³/mol. The third-order valence-electron chi connectivity index (χ3n) is 5.50. The molecule has 4 aromatic carbocycles. The molecule has 4 aromatic rings. The van der Waals surface area contributed by atoms with Crippen LogP contribution in [0.3, 0.4) is 0 Å². The molecule has 0 bridgehead atoms. The quantitative estimate of drug-likeness (QED) is 0.288. The van der Waals surface area contributed by atoms with Gasteiger partial charge in [0.2, 0.25) is 0 Å². The summed E-state index contributed by atoms with van der Waals surface area (Å²) in [5.74, 6) is 0. The second-order valence-electron chi connectivity index (χ2n) is 7.79. The molecule has 5 heteroatoms. The molecular weight excluding hydrogens is 444 g/mol. The van der Waals surface area contributed by atoms with Gasteiger partial charge in [0.15, 0.2) is 9.84 Å². The fourth-order valence-corrected chi connectivity index (χ4v) is 9.10. The summed E-state index contributed by atoms with van der Waals surface area (Å²) in [4.78, 5) is 0.270. The van der Waals surface area contributed by atoms with Crippen LogP contribution < -0.4 is 15.6 Å². The molecule has 4 rings (SSSR count). The molecule has 0 unspecified atom stereocenters. The van der Waals surface area contributed by atoms with E-state index >= 15 is 0 Å². The lowest BCUT2D eigenvalue weighted by molar-refractivity contribution is 0.273. The first kappa shape index (κ1) is 22.9. The Bertz CT molecular complexity index is 1190. The number of hydrogen-bond acceptors (Lipinski definition) is 3. The topological polar surface area (TPSA) is 43.4 Å². The Labute approximate surface area is 197 Å². The van der Waals surface area contributed by atoms with Gasteiger partial charge in [-0.05, 0) is 40.7 Å². The van der Waals surface area contributed by atoms with Crippen LogP contribution in [0.2, 0.25) is 0 Å². The van der Waals surface area contributed by atoms with Crippen LogP contribution in [0, 0.1) is 0 Å². The summed E-state index contributed by atoms with van der Waals surface area (Å²) in [5.41, 5.74) is 0. The largest absolute Gasteiger partial charge is 0.398 e. The van der Waals surface area contributed by atoms with Crippen LogP contribution in [0.4, 0.5) is 0 Å². The Morgan fingerprint density at radius 1 is 0.636 bits per heavy atom. The van der Waals surface area contributed by atoms with Crippen molar-refractivity contribution >= 4 is 33.7 Å². The summed E-state index contributed by atoms with van der Waals surface area (Å²) in [6.45, 7) is 1.90. The smallest absolute Gasteiger partial charge is 0.288 e. The van der Waals surface area contributed by atoms with Crippen LogP contribution in [0.15, 0.2) is 138 Å². The van der Waals surface area contributed by atoms with Gasteiger partial charge in [-0.25, -0.2) is 8.42 Å². The van der Waals surface area contributed by atoms with Gasteiger partial charge in [-0.15, -0.1) is 0 Å². The van der Waals surface area contributed by atoms with E-state index in [1.807, 2.05) is 61.5 Å². The highest BCUT2D eigenvalue weighted by atomic mass is 32.2. The molecule has 0 saturated heterocycles. The van der Waals surface area contributed by atoms with Crippen molar-refractivity contribution in [3.63, 3.8) is 0 Å². The van der Waals surface area contributed by atoms with Crippen LogP contribution in [-0.4, -0.2) is 22.8 Å². The van der Waals surface area contributed by atoms with Gasteiger partial charge in [0.05, 0.1) is 11.0 Å². The first-order valence-corrected chi connectivity index (χ1v) is 14.3. The molecule has 0 aliphatic heterocycles. The van der Waals surface area contributed by atoms with Gasteiger partial charge in [0.25, 0.3) is 8.32 Å². The van der Waals surface area contributed by atoms with Crippen LogP contribution in [-0.2, 0) is 14.3 Å². The number of hydrogen-bond donors (Lipinski definition) is 0. The van der Waals surface area contributed by atoms with Crippen molar-refractivity contribution < 1.29 is 12.8 Å². The zero-order valence-corrected chi connectivity index (χ0v) is 20.2. The SMILES string of the molecule is C[C@@H](/C=C/S(=O)(=O)c1ccccc1)O[Si](c1ccccc1)(c1ccccc1)c1ccccc1. The van der Waals surface area contributed by atoms with Gasteiger partial charge in [0, 0.05) is 5.41 Å². The fourth-order valence-electron chi connectivity index (χ4n) is 3.94. The average molecular weight is 471 g/mol. The van der Waals surface area contributed by atoms with Crippen molar-refractivity contribution in [2.45, 2.75) is 17.9 Å². The van der Waals surface area contributed by atoms with Crippen molar-refractivity contribution in [3.05, 3.63) is 133 Å². The van der Waals surface area contributed by atoms with E-state index in [0.717, 1.165) is 15.6 Å². The summed E-state index contributed by atoms with van der Waals surface area (Å²) >= 11 is 0. The summed E-state index contributed by atoms with van der Waals surface area (Å²) in [5, 5.41) is 4.57. The summed E-state index contributed by atoms with van der Waals surface area (Å²) in [6, 6.07) is 39.2. The second kappa shape index (κ2) is 10.1. The van der Waals surface area contributed by atoms with E-state index in [4.69, 9.17) is 4.43 Å². The van der Waals surface area contributed by atoms with Gasteiger partial charge < -0.3 is 4.43 Å². The molecule has 0 N–H and O–H groups in total. The summed E-state index contributed by atoms with van der Waals surface area (Å²) in [7, 11) is -6.46. The van der Waals surface area contributed by atoms with Gasteiger partial charge in [-0.2, -0.15) is 0 Å². The summed E-state index contributed by atoms with van der Waals surface area (Å²) in [6.07, 6.45) is 1.20. The van der Waals surface area contributed by atoms with Crippen LogP contribution in [0.1, 0.15) is 6.92 Å². The minimum atomic E-state index is -3.55. The molecule has 1 atom stereocenters. The number of sulfone groups is 1. The molecular formula is C28H26O3SSi. The zero-order chi connectivity index (χ0) is 23.2. The van der Waals surface area contributed by atoms with Gasteiger partial charge in [-0.1, -0.05) is 109 Å². The molecule has 0 saturated carbocycles. The lowest BCUT2D eigenvalue weighted by Gasteiger charge is -2.35. The highest BCUT2D eigenvalue weighted by Gasteiger charge is 2.42. The van der Waals surface area contributed by atoms with E-state index in [9.17, 15) is 8.42 Å². The Morgan fingerprint density at radius 3 is 1.39 bits per heavy atom. The van der Waals surface area contributed by atoms with Crippen LogP contribution in [0.25, 0.3) is 0 Å². The highest BCUT2D eigenvalue weighted by Crippen LogP contribution is 2.16. The Hall–Kier alpha value is -3.25. The van der Waals surface area contributed by atoms with Crippen molar-refractivity contribution in [1.29, 1.82) is 0 Å². The van der Waals surface area contributed by atoms with Gasteiger partial charge in [-0.3, -0.25) is 0 Å². The molecule has 0 heterocycles. The molecule has 0 spiro atoms. The van der Waals surface area contributed by atoms with E-state index in [0.29, 0.717) is 0 Å². The van der Waals surface area contributed by atoms with Gasteiger partial charge >= 0.3 is 0 Å². The lowest BCUT2D eigenvalue weighted by atomic mass is 10.3. The standard InChI is InChI=1S/C28H26O3SSi/c1-24(22-23-32(29,30)25-14-6-2-7-15-25)31-33(26-16-8-3-9-17-26,27-18-10-4-11-19-27)28-20-12-5-13-21-28/h2-24H,1H3/b23-22+/t24-/m0/s1. The van der Waals surface area contributed by atoms with Crippen molar-refractivity contribution in [1.82, 2.24) is 0 Å². The summed E-state index contributed by atoms with van der Waals surface area (Å²) < 4.78 is 32.5. The first-order chi connectivity index (χ1) is 16.0. The molecule has 33 heavy (non-hydrogen) atoms. The third-order valence-corrected chi connectivity index (χ3v) is 11.1. The molecule has 3 nitrogen and oxygen atoms in total. The van der Waals surface area contributed by atoms with Crippen molar-refractivity contribution in [2.75, 3.05) is 0 Å². The number of benzene rings is 4. The van der Waals surface area contributed by atoms with E-state index in [1.54, 1.807) is 36.4 Å². The van der Waals surface area contributed by atoms with Crippen molar-refractivity contribution in [2.24, 2.45) is 0 Å². The van der Waals surface area contributed by atoms with E-state index in [-0.39, 0.29) is 4.90 Å². The lowest BCUT2D eigenvalue weighted by Crippen LogP contribution is -2.70. The second-order valence-corrected chi connectivity index (χ2v) is 13.0. The van der Waals surface area contributed by atoms with E-state index in [1.165, 1.54) is 5.41 Å². The maximum atomic E-state index is 12.8. The van der Waals surface area contributed by atoms with Gasteiger partial charge in [0.1, 0.15) is 0 Å². The Kier molecular flexibility index (Phi) is 7.04. The predicted octanol–water partition coefficient (Wildman–Crippen LogP) is 4.05. The zero-order valence-electron chi connectivity index (χ0n) is 18.4. The Balaban J connectivity index is 1.79.